The molecule has 4 N–H and O–H groups in total. The molecule has 0 bridgehead atoms. The number of hydrogen-bond donors (Lipinski definition) is 4. The van der Waals surface area contributed by atoms with Crippen LogP contribution in [0.2, 0.25) is 0 Å². The largest absolute Gasteiger partial charge is 0.462 e. The lowest BCUT2D eigenvalue weighted by Gasteiger charge is -2.42. The van der Waals surface area contributed by atoms with E-state index >= 15 is 0 Å². The summed E-state index contributed by atoms with van der Waals surface area (Å²) in [5.41, 5.74) is 1.33. The van der Waals surface area contributed by atoms with Gasteiger partial charge in [0.2, 0.25) is 17.6 Å². The Hall–Kier alpha value is -3.24. The summed E-state index contributed by atoms with van der Waals surface area (Å²) in [6.07, 6.45) is -5.17. The second-order valence-electron chi connectivity index (χ2n) is 7.94. The van der Waals surface area contributed by atoms with Gasteiger partial charge in [-0.05, 0) is 24.6 Å². The van der Waals surface area contributed by atoms with Crippen molar-refractivity contribution < 1.29 is 34.0 Å². The van der Waals surface area contributed by atoms with Crippen molar-refractivity contribution in [1.82, 2.24) is 5.32 Å². The fourth-order valence-corrected chi connectivity index (χ4v) is 4.00. The minimum atomic E-state index is -1.43. The van der Waals surface area contributed by atoms with E-state index in [4.69, 9.17) is 13.9 Å². The Kier molecular flexibility index (Phi) is 6.48. The Balaban J connectivity index is 1.68. The zero-order chi connectivity index (χ0) is 23.7. The number of aryl methyl sites for hydroxylation is 1. The molecule has 9 nitrogen and oxygen atoms in total. The van der Waals surface area contributed by atoms with Crippen LogP contribution in [-0.4, -0.2) is 58.5 Å². The van der Waals surface area contributed by atoms with Crippen LogP contribution in [0.25, 0.3) is 22.1 Å². The molecular weight excluding hydrogens is 430 g/mol. The van der Waals surface area contributed by atoms with Crippen LogP contribution in [0.1, 0.15) is 12.7 Å². The molecule has 2 aromatic carbocycles. The SMILES string of the molecule is CC(=O)N[C@@H]1[C@@H](Oc2ccc3c(=O)c(-c4ccccc4)c(C)oc3c2)O[C@@H](CO)[C@H](O)[C@H]1O. The molecule has 1 aromatic heterocycles. The van der Waals surface area contributed by atoms with Crippen LogP contribution in [-0.2, 0) is 9.53 Å². The highest BCUT2D eigenvalue weighted by atomic mass is 16.7. The van der Waals surface area contributed by atoms with Crippen LogP contribution >= 0.6 is 0 Å². The highest BCUT2D eigenvalue weighted by Gasteiger charge is 2.46. The second-order valence-corrected chi connectivity index (χ2v) is 7.94. The maximum absolute atomic E-state index is 13.1. The van der Waals surface area contributed by atoms with Crippen LogP contribution in [0.15, 0.2) is 57.7 Å². The van der Waals surface area contributed by atoms with E-state index in [-0.39, 0.29) is 11.2 Å². The van der Waals surface area contributed by atoms with Crippen molar-refractivity contribution in [2.75, 3.05) is 6.61 Å². The monoisotopic (exact) mass is 455 g/mol. The Morgan fingerprint density at radius 3 is 2.52 bits per heavy atom. The number of benzene rings is 2. The summed E-state index contributed by atoms with van der Waals surface area (Å²) >= 11 is 0. The van der Waals surface area contributed by atoms with Crippen molar-refractivity contribution >= 4 is 16.9 Å². The first-order chi connectivity index (χ1) is 15.8. The smallest absolute Gasteiger partial charge is 0.223 e. The standard InChI is InChI=1S/C24H25NO8/c1-12-19(14-6-4-3-5-7-14)21(28)16-9-8-15(10-17(16)31-12)32-24-20(25-13(2)27)23(30)22(29)18(11-26)33-24/h3-10,18,20,22-24,26,29-30H,11H2,1-2H3,(H,25,27)/t18-,20-,22-,23-,24-/m0/s1. The number of carbonyl (C=O) groups is 1. The number of fused-ring (bicyclic) bond motifs is 1. The normalized spacial score (nSPS) is 25.1. The minimum absolute atomic E-state index is 0.185. The Bertz CT molecular complexity index is 1210. The molecule has 1 aliphatic rings. The molecule has 4 rings (SSSR count). The average Bonchev–Trinajstić information content (AvgIpc) is 2.79. The van der Waals surface area contributed by atoms with Crippen LogP contribution in [0.3, 0.4) is 0 Å². The van der Waals surface area contributed by atoms with Crippen molar-refractivity contribution in [3.63, 3.8) is 0 Å². The molecule has 0 saturated carbocycles. The van der Waals surface area contributed by atoms with Gasteiger partial charge >= 0.3 is 0 Å². The number of nitrogens with one attached hydrogen (secondary N) is 1. The van der Waals surface area contributed by atoms with Crippen LogP contribution in [0.4, 0.5) is 0 Å². The number of rotatable bonds is 5. The summed E-state index contributed by atoms with van der Waals surface area (Å²) in [6, 6.07) is 12.8. The van der Waals surface area contributed by atoms with E-state index in [0.29, 0.717) is 22.3 Å². The number of carbonyl (C=O) groups excluding carboxylic acids is 1. The van der Waals surface area contributed by atoms with Crippen LogP contribution < -0.4 is 15.5 Å². The van der Waals surface area contributed by atoms with E-state index in [9.17, 15) is 24.9 Å². The average molecular weight is 455 g/mol. The molecule has 9 heteroatoms. The molecule has 33 heavy (non-hydrogen) atoms. The summed E-state index contributed by atoms with van der Waals surface area (Å²) in [7, 11) is 0. The van der Waals surface area contributed by atoms with E-state index < -0.39 is 43.2 Å². The first-order valence-corrected chi connectivity index (χ1v) is 10.5. The highest BCUT2D eigenvalue weighted by Crippen LogP contribution is 2.29. The molecule has 1 amide bonds. The first-order valence-electron chi connectivity index (χ1n) is 10.5. The zero-order valence-corrected chi connectivity index (χ0v) is 18.1. The lowest BCUT2D eigenvalue weighted by Crippen LogP contribution is -2.65. The number of aliphatic hydroxyl groups excluding tert-OH is 3. The Morgan fingerprint density at radius 2 is 1.85 bits per heavy atom. The molecule has 174 valence electrons. The lowest BCUT2D eigenvalue weighted by atomic mass is 9.97. The summed E-state index contributed by atoms with van der Waals surface area (Å²) in [6.45, 7) is 2.41. The predicted molar refractivity (Wildman–Crippen MR) is 119 cm³/mol. The fourth-order valence-electron chi connectivity index (χ4n) is 4.00. The third-order valence-electron chi connectivity index (χ3n) is 5.61. The molecule has 1 fully saturated rings. The number of amides is 1. The van der Waals surface area contributed by atoms with Gasteiger partial charge in [0.05, 0.1) is 17.6 Å². The molecule has 2 heterocycles. The van der Waals surface area contributed by atoms with E-state index in [0.717, 1.165) is 5.56 Å². The Labute approximate surface area is 189 Å². The van der Waals surface area contributed by atoms with E-state index in [1.807, 2.05) is 30.3 Å². The van der Waals surface area contributed by atoms with Gasteiger partial charge in [-0.15, -0.1) is 0 Å². The topological polar surface area (TPSA) is 138 Å². The van der Waals surface area contributed by atoms with Gasteiger partial charge in [0.15, 0.2) is 0 Å². The van der Waals surface area contributed by atoms with Crippen molar-refractivity contribution in [3.05, 3.63) is 64.5 Å². The Morgan fingerprint density at radius 1 is 1.12 bits per heavy atom. The molecule has 0 spiro atoms. The van der Waals surface area contributed by atoms with Crippen LogP contribution in [0.5, 0.6) is 5.75 Å². The number of ether oxygens (including phenoxy) is 2. The van der Waals surface area contributed by atoms with E-state index in [1.165, 1.54) is 13.0 Å². The fraction of sp³-hybridized carbons (Fsp3) is 0.333. The van der Waals surface area contributed by atoms with Crippen molar-refractivity contribution in [3.8, 4) is 16.9 Å². The van der Waals surface area contributed by atoms with Gasteiger partial charge in [0.1, 0.15) is 41.4 Å². The van der Waals surface area contributed by atoms with Gasteiger partial charge in [-0.3, -0.25) is 9.59 Å². The first kappa shape index (κ1) is 22.9. The number of aliphatic hydroxyl groups is 3. The molecule has 1 saturated heterocycles. The third-order valence-corrected chi connectivity index (χ3v) is 5.61. The van der Waals surface area contributed by atoms with Gasteiger partial charge < -0.3 is 34.5 Å². The molecule has 5 atom stereocenters. The second kappa shape index (κ2) is 9.32. The van der Waals surface area contributed by atoms with Gasteiger partial charge in [-0.2, -0.15) is 0 Å². The quantitative estimate of drug-likeness (QED) is 0.449. The van der Waals surface area contributed by atoms with Crippen molar-refractivity contribution in [2.45, 2.75) is 44.5 Å². The maximum Gasteiger partial charge on any atom is 0.223 e. The molecule has 0 unspecified atom stereocenters. The molecule has 3 aromatic rings. The summed E-state index contributed by atoms with van der Waals surface area (Å²) in [4.78, 5) is 24.7. The van der Waals surface area contributed by atoms with Crippen LogP contribution in [0, 0.1) is 6.92 Å². The molecule has 0 aliphatic carbocycles. The minimum Gasteiger partial charge on any atom is -0.462 e. The van der Waals surface area contributed by atoms with Gasteiger partial charge in [-0.25, -0.2) is 0 Å². The zero-order valence-electron chi connectivity index (χ0n) is 18.1. The van der Waals surface area contributed by atoms with E-state index in [1.54, 1.807) is 19.1 Å². The lowest BCUT2D eigenvalue weighted by molar-refractivity contribution is -0.244. The van der Waals surface area contributed by atoms with Gasteiger partial charge in [-0.1, -0.05) is 30.3 Å². The predicted octanol–water partition coefficient (Wildman–Crippen LogP) is 1.09. The molecule has 1 aliphatic heterocycles. The highest BCUT2D eigenvalue weighted by molar-refractivity contribution is 5.83. The van der Waals surface area contributed by atoms with Gasteiger partial charge in [0, 0.05) is 13.0 Å². The maximum atomic E-state index is 13.1. The summed E-state index contributed by atoms with van der Waals surface area (Å²) < 4.78 is 17.3. The van der Waals surface area contributed by atoms with Crippen molar-refractivity contribution in [2.24, 2.45) is 0 Å². The summed E-state index contributed by atoms with van der Waals surface area (Å²) in [5, 5.41) is 32.9. The van der Waals surface area contributed by atoms with Crippen molar-refractivity contribution in [1.29, 1.82) is 0 Å². The molecule has 0 radical (unpaired) electrons. The third kappa shape index (κ3) is 4.49. The number of hydrogen-bond acceptors (Lipinski definition) is 8. The van der Waals surface area contributed by atoms with Gasteiger partial charge in [0.25, 0.3) is 0 Å². The summed E-state index contributed by atoms with van der Waals surface area (Å²) in [5.74, 6) is 0.234. The molecular formula is C24H25NO8. The van der Waals surface area contributed by atoms with E-state index in [2.05, 4.69) is 5.32 Å².